The van der Waals surface area contributed by atoms with Crippen LogP contribution in [0.3, 0.4) is 0 Å². The first-order chi connectivity index (χ1) is 12.3. The number of carbonyl (C=O) groups excluding carboxylic acids is 1. The highest BCUT2D eigenvalue weighted by Gasteiger charge is 2.37. The Labute approximate surface area is 147 Å². The third-order valence-electron chi connectivity index (χ3n) is 4.28. The van der Waals surface area contributed by atoms with E-state index in [0.29, 0.717) is 25.1 Å². The number of benzene rings is 1. The number of anilines is 2. The first kappa shape index (κ1) is 18.2. The molecule has 0 saturated carbocycles. The monoisotopic (exact) mass is 367 g/mol. The van der Waals surface area contributed by atoms with Crippen molar-refractivity contribution in [1.29, 1.82) is 0 Å². The van der Waals surface area contributed by atoms with Crippen molar-refractivity contribution in [2.45, 2.75) is 19.0 Å². The molecule has 1 saturated heterocycles. The second-order valence-corrected chi connectivity index (χ2v) is 6.16. The van der Waals surface area contributed by atoms with Crippen LogP contribution in [0.4, 0.5) is 29.1 Å². The first-order valence-electron chi connectivity index (χ1n) is 8.18. The van der Waals surface area contributed by atoms with Crippen molar-refractivity contribution in [3.8, 4) is 0 Å². The summed E-state index contributed by atoms with van der Waals surface area (Å²) in [6.45, 7) is 0.519. The lowest BCUT2D eigenvalue weighted by Crippen LogP contribution is -2.42. The fourth-order valence-corrected chi connectivity index (χ4v) is 3.06. The topological polar surface area (TPSA) is 45.2 Å². The van der Waals surface area contributed by atoms with E-state index in [1.807, 2.05) is 0 Å². The largest absolute Gasteiger partial charge is 0.419 e. The van der Waals surface area contributed by atoms with Crippen molar-refractivity contribution in [3.05, 3.63) is 54.0 Å². The Balaban J connectivity index is 1.75. The molecular weight excluding hydrogens is 350 g/mol. The summed E-state index contributed by atoms with van der Waals surface area (Å²) in [5, 5.41) is 2.62. The molecule has 1 aliphatic heterocycles. The van der Waals surface area contributed by atoms with Crippen molar-refractivity contribution in [3.63, 3.8) is 0 Å². The van der Waals surface area contributed by atoms with Crippen molar-refractivity contribution in [2.75, 3.05) is 23.3 Å². The zero-order valence-electron chi connectivity index (χ0n) is 13.8. The zero-order valence-corrected chi connectivity index (χ0v) is 13.8. The molecule has 1 amide bonds. The first-order valence-corrected chi connectivity index (χ1v) is 8.18. The van der Waals surface area contributed by atoms with E-state index in [9.17, 15) is 22.4 Å². The van der Waals surface area contributed by atoms with Gasteiger partial charge in [0, 0.05) is 25.0 Å². The minimum atomic E-state index is -4.51. The molecule has 1 aromatic carbocycles. The maximum atomic E-state index is 13.2. The SMILES string of the molecule is O=C(Nc1cccc(F)c1)C1CCCN(c2ncccc2C(F)(F)F)C1. The molecular formula is C18H17F4N3O. The fourth-order valence-electron chi connectivity index (χ4n) is 3.06. The highest BCUT2D eigenvalue weighted by atomic mass is 19.4. The van der Waals surface area contributed by atoms with Gasteiger partial charge in [-0.1, -0.05) is 6.07 Å². The Morgan fingerprint density at radius 1 is 1.23 bits per heavy atom. The van der Waals surface area contributed by atoms with Crippen molar-refractivity contribution < 1.29 is 22.4 Å². The summed E-state index contributed by atoms with van der Waals surface area (Å²) in [7, 11) is 0. The van der Waals surface area contributed by atoms with Gasteiger partial charge in [-0.15, -0.1) is 0 Å². The number of hydrogen-bond donors (Lipinski definition) is 1. The molecule has 1 unspecified atom stereocenters. The minimum Gasteiger partial charge on any atom is -0.355 e. The third-order valence-corrected chi connectivity index (χ3v) is 4.28. The molecule has 3 rings (SSSR count). The number of nitrogens with zero attached hydrogens (tertiary/aromatic N) is 2. The van der Waals surface area contributed by atoms with Crippen LogP contribution in [-0.2, 0) is 11.0 Å². The number of hydrogen-bond acceptors (Lipinski definition) is 3. The van der Waals surface area contributed by atoms with Gasteiger partial charge in [-0.3, -0.25) is 4.79 Å². The van der Waals surface area contributed by atoms with Crippen LogP contribution in [0.25, 0.3) is 0 Å². The molecule has 138 valence electrons. The lowest BCUT2D eigenvalue weighted by molar-refractivity contribution is -0.137. The summed E-state index contributed by atoms with van der Waals surface area (Å²) in [6, 6.07) is 7.71. The second-order valence-electron chi connectivity index (χ2n) is 6.16. The van der Waals surface area contributed by atoms with E-state index in [1.54, 1.807) is 6.07 Å². The Hall–Kier alpha value is -2.64. The van der Waals surface area contributed by atoms with Crippen LogP contribution < -0.4 is 10.2 Å². The predicted octanol–water partition coefficient (Wildman–Crippen LogP) is 4.09. The highest BCUT2D eigenvalue weighted by Crippen LogP contribution is 2.36. The summed E-state index contributed by atoms with van der Waals surface area (Å²) in [6.07, 6.45) is -2.09. The number of nitrogens with one attached hydrogen (secondary N) is 1. The molecule has 2 heterocycles. The van der Waals surface area contributed by atoms with Gasteiger partial charge in [0.15, 0.2) is 0 Å². The summed E-state index contributed by atoms with van der Waals surface area (Å²) in [5.41, 5.74) is -0.493. The van der Waals surface area contributed by atoms with E-state index in [2.05, 4.69) is 10.3 Å². The number of rotatable bonds is 3. The van der Waals surface area contributed by atoms with Gasteiger partial charge in [-0.25, -0.2) is 9.37 Å². The molecule has 1 aliphatic rings. The zero-order chi connectivity index (χ0) is 18.7. The number of pyridine rings is 1. The van der Waals surface area contributed by atoms with Crippen LogP contribution in [0.15, 0.2) is 42.6 Å². The molecule has 1 aromatic heterocycles. The smallest absolute Gasteiger partial charge is 0.355 e. The van der Waals surface area contributed by atoms with Gasteiger partial charge in [0.1, 0.15) is 11.6 Å². The van der Waals surface area contributed by atoms with Gasteiger partial charge in [-0.05, 0) is 43.2 Å². The van der Waals surface area contributed by atoms with Crippen molar-refractivity contribution >= 4 is 17.4 Å². The van der Waals surface area contributed by atoms with Gasteiger partial charge in [-0.2, -0.15) is 13.2 Å². The van der Waals surface area contributed by atoms with E-state index in [4.69, 9.17) is 0 Å². The number of halogens is 4. The normalized spacial score (nSPS) is 17.8. The maximum Gasteiger partial charge on any atom is 0.419 e. The van der Waals surface area contributed by atoms with Gasteiger partial charge >= 0.3 is 6.18 Å². The minimum absolute atomic E-state index is 0.126. The van der Waals surface area contributed by atoms with Crippen LogP contribution in [0.2, 0.25) is 0 Å². The molecule has 1 fully saturated rings. The fraction of sp³-hybridized carbons (Fsp3) is 0.333. The van der Waals surface area contributed by atoms with E-state index in [0.717, 1.165) is 6.07 Å². The molecule has 8 heteroatoms. The molecule has 0 bridgehead atoms. The molecule has 2 aromatic rings. The Morgan fingerprint density at radius 3 is 2.77 bits per heavy atom. The highest BCUT2D eigenvalue weighted by molar-refractivity contribution is 5.93. The average molecular weight is 367 g/mol. The summed E-state index contributed by atoms with van der Waals surface area (Å²) >= 11 is 0. The Morgan fingerprint density at radius 2 is 2.04 bits per heavy atom. The average Bonchev–Trinajstić information content (AvgIpc) is 2.61. The number of carbonyl (C=O) groups is 1. The summed E-state index contributed by atoms with van der Waals surface area (Å²) in [4.78, 5) is 17.8. The summed E-state index contributed by atoms with van der Waals surface area (Å²) < 4.78 is 52.8. The van der Waals surface area contributed by atoms with E-state index in [-0.39, 0.29) is 18.3 Å². The molecule has 0 spiro atoms. The van der Waals surface area contributed by atoms with Crippen molar-refractivity contribution in [2.24, 2.45) is 5.92 Å². The molecule has 1 atom stereocenters. The quantitative estimate of drug-likeness (QED) is 0.831. The maximum absolute atomic E-state index is 13.2. The third kappa shape index (κ3) is 4.12. The molecule has 4 nitrogen and oxygen atoms in total. The number of aromatic nitrogens is 1. The molecule has 26 heavy (non-hydrogen) atoms. The van der Waals surface area contributed by atoms with E-state index < -0.39 is 23.5 Å². The van der Waals surface area contributed by atoms with Crippen LogP contribution in [0.5, 0.6) is 0 Å². The number of amides is 1. The van der Waals surface area contributed by atoms with Crippen LogP contribution in [-0.4, -0.2) is 24.0 Å². The predicted molar refractivity (Wildman–Crippen MR) is 89.2 cm³/mol. The van der Waals surface area contributed by atoms with Crippen LogP contribution in [0.1, 0.15) is 18.4 Å². The number of piperidine rings is 1. The molecule has 0 radical (unpaired) electrons. The Kier molecular flexibility index (Phi) is 5.11. The van der Waals surface area contributed by atoms with Gasteiger partial charge in [0.2, 0.25) is 5.91 Å². The lowest BCUT2D eigenvalue weighted by atomic mass is 9.96. The van der Waals surface area contributed by atoms with Crippen molar-refractivity contribution in [1.82, 2.24) is 4.98 Å². The Bertz CT molecular complexity index is 794. The number of alkyl halides is 3. The lowest BCUT2D eigenvalue weighted by Gasteiger charge is -2.34. The van der Waals surface area contributed by atoms with Crippen LogP contribution >= 0.6 is 0 Å². The molecule has 1 N–H and O–H groups in total. The standard InChI is InChI=1S/C18H17F4N3O/c19-13-5-1-6-14(10-13)24-17(26)12-4-3-9-25(11-12)16-15(18(20,21)22)7-2-8-23-16/h1-2,5-8,10,12H,3-4,9,11H2,(H,24,26). The second kappa shape index (κ2) is 7.31. The van der Waals surface area contributed by atoms with E-state index in [1.165, 1.54) is 35.4 Å². The van der Waals surface area contributed by atoms with Gasteiger partial charge in [0.05, 0.1) is 11.5 Å². The summed E-state index contributed by atoms with van der Waals surface area (Å²) in [5.74, 6) is -1.49. The molecule has 0 aliphatic carbocycles. The van der Waals surface area contributed by atoms with Gasteiger partial charge < -0.3 is 10.2 Å². The van der Waals surface area contributed by atoms with Gasteiger partial charge in [0.25, 0.3) is 0 Å². The van der Waals surface area contributed by atoms with Crippen LogP contribution in [0, 0.1) is 11.7 Å². The van der Waals surface area contributed by atoms with E-state index >= 15 is 0 Å².